The minimum absolute atomic E-state index is 0.739. The third-order valence-corrected chi connectivity index (χ3v) is 2.85. The lowest BCUT2D eigenvalue weighted by atomic mass is 10.4. The van der Waals surface area contributed by atoms with E-state index >= 15 is 0 Å². The molecule has 0 atom stereocenters. The molecule has 1 aromatic rings. The normalized spacial score (nSPS) is 10.5. The molecule has 0 aromatic carbocycles. The minimum atomic E-state index is 0.739. The standard InChI is InChI=1S/C8H12ClNOS/c1-11-4-3-10-6-8-7(9)2-5-12-8/h2,5,10H,3-4,6H2,1H3. The van der Waals surface area contributed by atoms with Crippen molar-refractivity contribution < 1.29 is 4.74 Å². The number of methoxy groups -OCH3 is 1. The fourth-order valence-corrected chi connectivity index (χ4v) is 1.90. The van der Waals surface area contributed by atoms with Crippen LogP contribution >= 0.6 is 22.9 Å². The summed E-state index contributed by atoms with van der Waals surface area (Å²) in [6, 6.07) is 1.92. The van der Waals surface area contributed by atoms with Crippen LogP contribution in [0.2, 0.25) is 5.02 Å². The van der Waals surface area contributed by atoms with Gasteiger partial charge in [0, 0.05) is 25.1 Å². The van der Waals surface area contributed by atoms with Gasteiger partial charge in [-0.15, -0.1) is 11.3 Å². The van der Waals surface area contributed by atoms with Crippen LogP contribution in [0.25, 0.3) is 0 Å². The molecule has 68 valence electrons. The van der Waals surface area contributed by atoms with Crippen molar-refractivity contribution in [3.8, 4) is 0 Å². The van der Waals surface area contributed by atoms with E-state index in [0.29, 0.717) is 0 Å². The largest absolute Gasteiger partial charge is 0.383 e. The SMILES string of the molecule is COCCNCc1sccc1Cl. The van der Waals surface area contributed by atoms with Gasteiger partial charge in [0.1, 0.15) is 0 Å². The number of hydrogen-bond donors (Lipinski definition) is 1. The molecule has 4 heteroatoms. The number of nitrogens with one attached hydrogen (secondary N) is 1. The zero-order valence-electron chi connectivity index (χ0n) is 6.97. The van der Waals surface area contributed by atoms with E-state index in [2.05, 4.69) is 5.32 Å². The van der Waals surface area contributed by atoms with Crippen LogP contribution in [-0.2, 0) is 11.3 Å². The Morgan fingerprint density at radius 1 is 1.67 bits per heavy atom. The number of hydrogen-bond acceptors (Lipinski definition) is 3. The van der Waals surface area contributed by atoms with Gasteiger partial charge in [-0.25, -0.2) is 0 Å². The highest BCUT2D eigenvalue weighted by Gasteiger charge is 1.99. The average molecular weight is 206 g/mol. The van der Waals surface area contributed by atoms with Crippen LogP contribution in [0, 0.1) is 0 Å². The van der Waals surface area contributed by atoms with E-state index in [4.69, 9.17) is 16.3 Å². The van der Waals surface area contributed by atoms with Crippen LogP contribution in [0.3, 0.4) is 0 Å². The zero-order valence-corrected chi connectivity index (χ0v) is 8.54. The van der Waals surface area contributed by atoms with E-state index in [1.807, 2.05) is 11.4 Å². The second kappa shape index (κ2) is 5.54. The summed E-state index contributed by atoms with van der Waals surface area (Å²) in [6.07, 6.45) is 0. The lowest BCUT2D eigenvalue weighted by Crippen LogP contribution is -2.17. The summed E-state index contributed by atoms with van der Waals surface area (Å²) in [5, 5.41) is 6.08. The molecule has 0 aliphatic carbocycles. The molecule has 1 N–H and O–H groups in total. The van der Waals surface area contributed by atoms with Crippen LogP contribution in [0.15, 0.2) is 11.4 Å². The van der Waals surface area contributed by atoms with Gasteiger partial charge in [-0.2, -0.15) is 0 Å². The molecule has 0 fully saturated rings. The summed E-state index contributed by atoms with van der Waals surface area (Å²) in [6.45, 7) is 2.44. The fraction of sp³-hybridized carbons (Fsp3) is 0.500. The molecule has 0 unspecified atom stereocenters. The van der Waals surface area contributed by atoms with Gasteiger partial charge in [0.2, 0.25) is 0 Å². The number of rotatable bonds is 5. The average Bonchev–Trinajstić information content (AvgIpc) is 2.46. The van der Waals surface area contributed by atoms with E-state index in [-0.39, 0.29) is 0 Å². The molecule has 0 radical (unpaired) electrons. The summed E-state index contributed by atoms with van der Waals surface area (Å²) >= 11 is 7.56. The van der Waals surface area contributed by atoms with E-state index in [1.165, 1.54) is 4.88 Å². The lowest BCUT2D eigenvalue weighted by molar-refractivity contribution is 0.199. The summed E-state index contributed by atoms with van der Waals surface area (Å²) in [5.74, 6) is 0. The Labute approximate surface area is 81.5 Å². The Morgan fingerprint density at radius 3 is 3.08 bits per heavy atom. The highest BCUT2D eigenvalue weighted by atomic mass is 35.5. The molecule has 2 nitrogen and oxygen atoms in total. The van der Waals surface area contributed by atoms with E-state index in [9.17, 15) is 0 Å². The predicted molar refractivity (Wildman–Crippen MR) is 52.9 cm³/mol. The van der Waals surface area contributed by atoms with Crippen molar-refractivity contribution in [2.45, 2.75) is 6.54 Å². The van der Waals surface area contributed by atoms with Crippen LogP contribution in [0.4, 0.5) is 0 Å². The first-order valence-electron chi connectivity index (χ1n) is 3.76. The Kier molecular flexibility index (Phi) is 4.61. The third kappa shape index (κ3) is 3.11. The molecule has 0 aliphatic heterocycles. The molecule has 1 aromatic heterocycles. The molecular formula is C8H12ClNOS. The minimum Gasteiger partial charge on any atom is -0.383 e. The summed E-state index contributed by atoms with van der Waals surface area (Å²) in [7, 11) is 1.69. The van der Waals surface area contributed by atoms with Crippen LogP contribution in [0.1, 0.15) is 4.88 Å². The molecule has 1 heterocycles. The van der Waals surface area contributed by atoms with Crippen molar-refractivity contribution in [2.24, 2.45) is 0 Å². The zero-order chi connectivity index (χ0) is 8.81. The van der Waals surface area contributed by atoms with Crippen molar-refractivity contribution in [3.63, 3.8) is 0 Å². The Bertz CT molecular complexity index is 227. The summed E-state index contributed by atoms with van der Waals surface area (Å²) < 4.78 is 4.90. The Hall–Kier alpha value is -0.0900. The maximum Gasteiger partial charge on any atom is 0.0587 e. The third-order valence-electron chi connectivity index (χ3n) is 1.46. The van der Waals surface area contributed by atoms with Gasteiger partial charge in [-0.3, -0.25) is 0 Å². The first-order chi connectivity index (χ1) is 5.84. The van der Waals surface area contributed by atoms with Crippen molar-refractivity contribution >= 4 is 22.9 Å². The quantitative estimate of drug-likeness (QED) is 0.744. The van der Waals surface area contributed by atoms with Crippen LogP contribution in [-0.4, -0.2) is 20.3 Å². The maximum atomic E-state index is 5.89. The van der Waals surface area contributed by atoms with Crippen LogP contribution in [0.5, 0.6) is 0 Å². The van der Waals surface area contributed by atoms with E-state index < -0.39 is 0 Å². The van der Waals surface area contributed by atoms with Gasteiger partial charge >= 0.3 is 0 Å². The van der Waals surface area contributed by atoms with Crippen LogP contribution < -0.4 is 5.32 Å². The number of halogens is 1. The van der Waals surface area contributed by atoms with Gasteiger partial charge in [0.25, 0.3) is 0 Å². The highest BCUT2D eigenvalue weighted by Crippen LogP contribution is 2.21. The highest BCUT2D eigenvalue weighted by molar-refractivity contribution is 7.10. The van der Waals surface area contributed by atoms with Gasteiger partial charge in [-0.1, -0.05) is 11.6 Å². The smallest absolute Gasteiger partial charge is 0.0587 e. The lowest BCUT2D eigenvalue weighted by Gasteiger charge is -2.01. The Balaban J connectivity index is 2.20. The summed E-state index contributed by atoms with van der Waals surface area (Å²) in [5.41, 5.74) is 0. The van der Waals surface area contributed by atoms with Crippen molar-refractivity contribution in [3.05, 3.63) is 21.3 Å². The van der Waals surface area contributed by atoms with Gasteiger partial charge in [-0.05, 0) is 11.4 Å². The predicted octanol–water partition coefficient (Wildman–Crippen LogP) is 2.14. The Morgan fingerprint density at radius 2 is 2.50 bits per heavy atom. The van der Waals surface area contributed by atoms with Crippen molar-refractivity contribution in [1.82, 2.24) is 5.32 Å². The van der Waals surface area contributed by atoms with Gasteiger partial charge < -0.3 is 10.1 Å². The number of thiophene rings is 1. The first kappa shape index (κ1) is 9.99. The monoisotopic (exact) mass is 205 g/mol. The van der Waals surface area contributed by atoms with Gasteiger partial charge in [0.05, 0.1) is 11.6 Å². The molecule has 0 amide bonds. The van der Waals surface area contributed by atoms with Crippen molar-refractivity contribution in [1.29, 1.82) is 0 Å². The molecule has 0 saturated heterocycles. The van der Waals surface area contributed by atoms with Crippen molar-refractivity contribution in [2.75, 3.05) is 20.3 Å². The molecule has 12 heavy (non-hydrogen) atoms. The fourth-order valence-electron chi connectivity index (χ4n) is 0.827. The second-order valence-electron chi connectivity index (χ2n) is 2.36. The maximum absolute atomic E-state index is 5.89. The first-order valence-corrected chi connectivity index (χ1v) is 5.02. The molecule has 0 aliphatic rings. The van der Waals surface area contributed by atoms with Gasteiger partial charge in [0.15, 0.2) is 0 Å². The molecule has 1 rings (SSSR count). The molecular weight excluding hydrogens is 194 g/mol. The second-order valence-corrected chi connectivity index (χ2v) is 3.77. The molecule has 0 saturated carbocycles. The number of ether oxygens (including phenoxy) is 1. The van der Waals surface area contributed by atoms with E-state index in [0.717, 1.165) is 24.7 Å². The molecule has 0 bridgehead atoms. The summed E-state index contributed by atoms with van der Waals surface area (Å²) in [4.78, 5) is 1.19. The van der Waals surface area contributed by atoms with E-state index in [1.54, 1.807) is 18.4 Å². The topological polar surface area (TPSA) is 21.3 Å². The molecule has 0 spiro atoms.